The molecule has 1 aromatic rings. The SMILES string of the molecule is CC(C)CCNS(=O)(=O)N(C)c1ccc(C(O)(C(F)(F)F)C(F)(F)F)cc1. The van der Waals surface area contributed by atoms with Crippen molar-refractivity contribution in [3.05, 3.63) is 29.8 Å². The molecule has 27 heavy (non-hydrogen) atoms. The van der Waals surface area contributed by atoms with E-state index in [0.717, 1.165) is 19.2 Å². The van der Waals surface area contributed by atoms with Crippen molar-refractivity contribution in [1.29, 1.82) is 0 Å². The molecule has 0 aliphatic heterocycles. The van der Waals surface area contributed by atoms with Crippen LogP contribution in [0.5, 0.6) is 0 Å². The van der Waals surface area contributed by atoms with Gasteiger partial charge < -0.3 is 5.11 Å². The van der Waals surface area contributed by atoms with Gasteiger partial charge in [0.05, 0.1) is 5.69 Å². The average Bonchev–Trinajstić information content (AvgIpc) is 2.50. The summed E-state index contributed by atoms with van der Waals surface area (Å²) in [5.41, 5.74) is -6.71. The summed E-state index contributed by atoms with van der Waals surface area (Å²) in [5.74, 6) is 0.222. The first-order valence-electron chi connectivity index (χ1n) is 7.74. The first-order valence-corrected chi connectivity index (χ1v) is 9.18. The lowest BCUT2D eigenvalue weighted by Crippen LogP contribution is -2.53. The van der Waals surface area contributed by atoms with Crippen LogP contribution >= 0.6 is 0 Å². The van der Waals surface area contributed by atoms with E-state index in [1.54, 1.807) is 0 Å². The van der Waals surface area contributed by atoms with Crippen LogP contribution in [-0.4, -0.2) is 39.5 Å². The third-order valence-electron chi connectivity index (χ3n) is 3.84. The molecule has 1 aromatic carbocycles. The number of anilines is 1. The maximum atomic E-state index is 12.9. The van der Waals surface area contributed by atoms with E-state index in [-0.39, 0.29) is 18.2 Å². The van der Waals surface area contributed by atoms with E-state index >= 15 is 0 Å². The van der Waals surface area contributed by atoms with Crippen LogP contribution in [0.4, 0.5) is 32.0 Å². The van der Waals surface area contributed by atoms with Crippen molar-refractivity contribution in [3.8, 4) is 0 Å². The monoisotopic (exact) mass is 422 g/mol. The minimum Gasteiger partial charge on any atom is -0.369 e. The van der Waals surface area contributed by atoms with Gasteiger partial charge in [-0.25, -0.2) is 0 Å². The molecule has 5 nitrogen and oxygen atoms in total. The Hall–Kier alpha value is -1.53. The van der Waals surface area contributed by atoms with Gasteiger partial charge in [-0.1, -0.05) is 26.0 Å². The minimum absolute atomic E-state index is 0.115. The summed E-state index contributed by atoms with van der Waals surface area (Å²) < 4.78 is 104. The number of nitrogens with zero attached hydrogens (tertiary/aromatic N) is 1. The highest BCUT2D eigenvalue weighted by Gasteiger charge is 2.71. The number of hydrogen-bond acceptors (Lipinski definition) is 3. The normalized spacial score (nSPS) is 13.9. The van der Waals surface area contributed by atoms with Gasteiger partial charge in [0.1, 0.15) is 0 Å². The zero-order valence-electron chi connectivity index (χ0n) is 14.7. The van der Waals surface area contributed by atoms with Crippen LogP contribution in [0.1, 0.15) is 25.8 Å². The fourth-order valence-electron chi connectivity index (χ4n) is 2.11. The number of halogens is 6. The molecule has 0 saturated carbocycles. The number of alkyl halides is 6. The third-order valence-corrected chi connectivity index (χ3v) is 5.34. The lowest BCUT2D eigenvalue weighted by Gasteiger charge is -2.33. The fourth-order valence-corrected chi connectivity index (χ4v) is 3.08. The summed E-state index contributed by atoms with van der Waals surface area (Å²) in [6.45, 7) is 3.86. The topological polar surface area (TPSA) is 69.6 Å². The zero-order valence-corrected chi connectivity index (χ0v) is 15.5. The van der Waals surface area contributed by atoms with Gasteiger partial charge in [-0.3, -0.25) is 4.31 Å². The molecule has 0 heterocycles. The summed E-state index contributed by atoms with van der Waals surface area (Å²) in [4.78, 5) is 0. The van der Waals surface area contributed by atoms with Gasteiger partial charge in [-0.2, -0.15) is 39.5 Å². The van der Waals surface area contributed by atoms with Crippen molar-refractivity contribution in [3.63, 3.8) is 0 Å². The van der Waals surface area contributed by atoms with E-state index in [1.165, 1.54) is 0 Å². The largest absolute Gasteiger partial charge is 0.430 e. The van der Waals surface area contributed by atoms with Crippen molar-refractivity contribution in [2.24, 2.45) is 5.92 Å². The summed E-state index contributed by atoms with van der Waals surface area (Å²) >= 11 is 0. The van der Waals surface area contributed by atoms with E-state index in [1.807, 2.05) is 13.8 Å². The predicted molar refractivity (Wildman–Crippen MR) is 87.2 cm³/mol. The molecule has 0 amide bonds. The molecule has 0 aliphatic rings. The van der Waals surface area contributed by atoms with Gasteiger partial charge in [-0.15, -0.1) is 0 Å². The Bertz CT molecular complexity index is 715. The van der Waals surface area contributed by atoms with Crippen molar-refractivity contribution in [2.45, 2.75) is 38.2 Å². The number of nitrogens with one attached hydrogen (secondary N) is 1. The Kier molecular flexibility index (Phi) is 6.82. The Balaban J connectivity index is 3.14. The summed E-state index contributed by atoms with van der Waals surface area (Å²) in [5, 5.41) is 9.32. The number of hydrogen-bond donors (Lipinski definition) is 2. The highest BCUT2D eigenvalue weighted by molar-refractivity contribution is 7.90. The first-order chi connectivity index (χ1) is 12.0. The molecule has 0 bridgehead atoms. The van der Waals surface area contributed by atoms with Crippen LogP contribution < -0.4 is 9.03 Å². The number of rotatable bonds is 7. The Morgan fingerprint density at radius 1 is 1.04 bits per heavy atom. The van der Waals surface area contributed by atoms with E-state index in [2.05, 4.69) is 4.72 Å². The highest BCUT2D eigenvalue weighted by atomic mass is 32.2. The van der Waals surface area contributed by atoms with Crippen molar-refractivity contribution < 1.29 is 39.9 Å². The smallest absolute Gasteiger partial charge is 0.369 e. The quantitative estimate of drug-likeness (QED) is 0.663. The molecule has 0 unspecified atom stereocenters. The zero-order chi connectivity index (χ0) is 21.3. The Labute approximate surface area is 153 Å². The van der Waals surface area contributed by atoms with Crippen LogP contribution in [0.3, 0.4) is 0 Å². The minimum atomic E-state index is -6.01. The van der Waals surface area contributed by atoms with Gasteiger partial charge in [0.25, 0.3) is 5.60 Å². The van der Waals surface area contributed by atoms with E-state index in [9.17, 15) is 39.9 Å². The predicted octanol–water partition coefficient (Wildman–Crippen LogP) is 3.32. The average molecular weight is 422 g/mol. The lowest BCUT2D eigenvalue weighted by molar-refractivity contribution is -0.376. The highest BCUT2D eigenvalue weighted by Crippen LogP contribution is 2.50. The molecule has 12 heteroatoms. The summed E-state index contributed by atoms with van der Waals surface area (Å²) in [7, 11) is -2.95. The molecule has 2 N–H and O–H groups in total. The molecule has 0 saturated heterocycles. The molecule has 0 radical (unpaired) electrons. The van der Waals surface area contributed by atoms with Crippen molar-refractivity contribution >= 4 is 15.9 Å². The molecule has 0 spiro atoms. The van der Waals surface area contributed by atoms with Crippen LogP contribution in [0.2, 0.25) is 0 Å². The molecular weight excluding hydrogens is 402 g/mol. The molecule has 0 aliphatic carbocycles. The molecule has 0 atom stereocenters. The van der Waals surface area contributed by atoms with Gasteiger partial charge >= 0.3 is 22.6 Å². The van der Waals surface area contributed by atoms with E-state index in [4.69, 9.17) is 0 Å². The third kappa shape index (κ3) is 5.05. The van der Waals surface area contributed by atoms with Gasteiger partial charge in [0.2, 0.25) is 0 Å². The van der Waals surface area contributed by atoms with Crippen LogP contribution in [0.25, 0.3) is 0 Å². The maximum absolute atomic E-state index is 12.9. The standard InChI is InChI=1S/C15H20F6N2O3S/c1-10(2)8-9-22-27(25,26)23(3)12-6-4-11(5-7-12)13(24,14(16,17)18)15(19,20)21/h4-7,10,22,24H,8-9H2,1-3H3. The van der Waals surface area contributed by atoms with E-state index in [0.29, 0.717) is 22.9 Å². The summed E-state index contributed by atoms with van der Waals surface area (Å²) in [6.07, 6.45) is -11.5. The second kappa shape index (κ2) is 7.84. The number of benzene rings is 1. The van der Waals surface area contributed by atoms with Crippen LogP contribution in [0, 0.1) is 5.92 Å². The molecular formula is C15H20F6N2O3S. The maximum Gasteiger partial charge on any atom is 0.430 e. The molecule has 1 rings (SSSR count). The summed E-state index contributed by atoms with van der Waals surface area (Å²) in [6, 6.07) is 2.27. The van der Waals surface area contributed by atoms with Crippen molar-refractivity contribution in [1.82, 2.24) is 4.72 Å². The van der Waals surface area contributed by atoms with Gasteiger partial charge in [-0.05, 0) is 24.5 Å². The van der Waals surface area contributed by atoms with Crippen LogP contribution in [0.15, 0.2) is 24.3 Å². The molecule has 0 fully saturated rings. The second-order valence-corrected chi connectivity index (χ2v) is 8.09. The molecule has 0 aromatic heterocycles. The van der Waals surface area contributed by atoms with Crippen LogP contribution in [-0.2, 0) is 15.8 Å². The Morgan fingerprint density at radius 2 is 1.48 bits per heavy atom. The fraction of sp³-hybridized carbons (Fsp3) is 0.600. The van der Waals surface area contributed by atoms with E-state index < -0.39 is 33.7 Å². The Morgan fingerprint density at radius 3 is 1.85 bits per heavy atom. The number of aliphatic hydroxyl groups is 1. The van der Waals surface area contributed by atoms with Gasteiger partial charge in [0, 0.05) is 19.2 Å². The first kappa shape index (κ1) is 23.5. The van der Waals surface area contributed by atoms with Gasteiger partial charge in [0.15, 0.2) is 0 Å². The molecule has 156 valence electrons. The second-order valence-electron chi connectivity index (χ2n) is 6.30. The van der Waals surface area contributed by atoms with Crippen molar-refractivity contribution in [2.75, 3.05) is 17.9 Å². The lowest BCUT2D eigenvalue weighted by atomic mass is 9.92.